The first-order chi connectivity index (χ1) is 13.5. The monoisotopic (exact) mass is 379 g/mol. The van der Waals surface area contributed by atoms with E-state index in [1.54, 1.807) is 11.1 Å². The van der Waals surface area contributed by atoms with Crippen molar-refractivity contribution in [3.05, 3.63) is 47.8 Å². The Kier molecular flexibility index (Phi) is 4.98. The number of carbonyl (C=O) groups excluding carboxylic acids is 2. The average Bonchev–Trinajstić information content (AvgIpc) is 3.10. The van der Waals surface area contributed by atoms with E-state index in [4.69, 9.17) is 5.73 Å². The van der Waals surface area contributed by atoms with Gasteiger partial charge in [0.15, 0.2) is 0 Å². The van der Waals surface area contributed by atoms with E-state index in [0.29, 0.717) is 13.1 Å². The Morgan fingerprint density at radius 2 is 1.96 bits per heavy atom. The maximum Gasteiger partial charge on any atom is 0.228 e. The topological polar surface area (TPSA) is 92.4 Å². The number of nitrogens with zero attached hydrogens (tertiary/aromatic N) is 4. The van der Waals surface area contributed by atoms with Crippen LogP contribution in [0.2, 0.25) is 0 Å². The molecule has 0 unspecified atom stereocenters. The number of nitrogen functional groups attached to an aromatic ring is 1. The summed E-state index contributed by atoms with van der Waals surface area (Å²) in [6.07, 6.45) is 3.82. The number of hydrogen-bond acceptors (Lipinski definition) is 5. The summed E-state index contributed by atoms with van der Waals surface area (Å²) in [5.74, 6) is 0.210. The van der Waals surface area contributed by atoms with Crippen LogP contribution in [0.15, 0.2) is 36.5 Å². The third kappa shape index (κ3) is 3.69. The Hall–Kier alpha value is -2.96. The van der Waals surface area contributed by atoms with Crippen LogP contribution in [0.5, 0.6) is 0 Å². The van der Waals surface area contributed by atoms with Gasteiger partial charge in [-0.05, 0) is 38.0 Å². The minimum Gasteiger partial charge on any atom is -0.368 e. The van der Waals surface area contributed by atoms with Gasteiger partial charge < -0.3 is 15.5 Å². The molecule has 2 saturated heterocycles. The number of aryl methyl sites for hydroxylation is 1. The molecule has 1 aromatic carbocycles. The first-order valence-electron chi connectivity index (χ1n) is 9.75. The molecule has 7 nitrogen and oxygen atoms in total. The van der Waals surface area contributed by atoms with Gasteiger partial charge in [-0.25, -0.2) is 9.97 Å². The van der Waals surface area contributed by atoms with Crippen molar-refractivity contribution in [1.29, 1.82) is 0 Å². The zero-order valence-corrected chi connectivity index (χ0v) is 16.0. The number of benzene rings is 1. The molecule has 2 atom stereocenters. The number of anilines is 2. The van der Waals surface area contributed by atoms with E-state index < -0.39 is 0 Å². The van der Waals surface area contributed by atoms with Crippen molar-refractivity contribution in [2.75, 3.05) is 30.3 Å². The maximum absolute atomic E-state index is 13.1. The molecule has 2 N–H and O–H groups in total. The van der Waals surface area contributed by atoms with Crippen molar-refractivity contribution < 1.29 is 9.59 Å². The van der Waals surface area contributed by atoms with Gasteiger partial charge in [0.05, 0.1) is 11.6 Å². The lowest BCUT2D eigenvalue weighted by atomic mass is 9.93. The van der Waals surface area contributed by atoms with Gasteiger partial charge in [0.1, 0.15) is 0 Å². The lowest BCUT2D eigenvalue weighted by molar-refractivity contribution is -0.137. The van der Waals surface area contributed by atoms with Gasteiger partial charge in [-0.15, -0.1) is 0 Å². The van der Waals surface area contributed by atoms with Crippen molar-refractivity contribution in [2.45, 2.75) is 32.1 Å². The molecule has 0 aliphatic carbocycles. The molecule has 7 heteroatoms. The quantitative estimate of drug-likeness (QED) is 0.882. The van der Waals surface area contributed by atoms with Gasteiger partial charge in [-0.3, -0.25) is 9.59 Å². The smallest absolute Gasteiger partial charge is 0.228 e. The molecule has 2 aliphatic heterocycles. The Bertz CT molecular complexity index is 883. The second-order valence-electron chi connectivity index (χ2n) is 7.70. The number of rotatable bonds is 3. The summed E-state index contributed by atoms with van der Waals surface area (Å²) in [7, 11) is 0. The molecule has 28 heavy (non-hydrogen) atoms. The summed E-state index contributed by atoms with van der Waals surface area (Å²) in [6.45, 7) is 3.80. The SMILES string of the molecule is Cc1ccc(N2C[C@@H](C(=O)N3CCC[C@H](c4ccnc(N)n4)C3)CC2=O)cc1. The van der Waals surface area contributed by atoms with Crippen LogP contribution in [0.3, 0.4) is 0 Å². The van der Waals surface area contributed by atoms with E-state index in [1.807, 2.05) is 42.2 Å². The van der Waals surface area contributed by atoms with Crippen LogP contribution in [0, 0.1) is 12.8 Å². The van der Waals surface area contributed by atoms with Crippen molar-refractivity contribution in [1.82, 2.24) is 14.9 Å². The fraction of sp³-hybridized carbons (Fsp3) is 0.429. The third-order valence-corrected chi connectivity index (χ3v) is 5.67. The highest BCUT2D eigenvalue weighted by atomic mass is 16.2. The maximum atomic E-state index is 13.1. The number of hydrogen-bond donors (Lipinski definition) is 1. The number of amides is 2. The Labute approximate surface area is 164 Å². The molecule has 2 aromatic rings. The molecule has 0 radical (unpaired) electrons. The summed E-state index contributed by atoms with van der Waals surface area (Å²) in [6, 6.07) is 9.72. The fourth-order valence-electron chi connectivity index (χ4n) is 4.14. The lowest BCUT2D eigenvalue weighted by Crippen LogP contribution is -2.43. The van der Waals surface area contributed by atoms with E-state index in [-0.39, 0.29) is 36.0 Å². The third-order valence-electron chi connectivity index (χ3n) is 5.67. The standard InChI is InChI=1S/C21H25N5O2/c1-14-4-6-17(7-5-14)26-13-16(11-19(26)27)20(28)25-10-2-3-15(12-25)18-8-9-23-21(22)24-18/h4-9,15-16H,2-3,10-13H2,1H3,(H2,22,23,24)/t15-,16-/m0/s1. The van der Waals surface area contributed by atoms with Gasteiger partial charge in [0.25, 0.3) is 0 Å². The van der Waals surface area contributed by atoms with Crippen LogP contribution in [-0.4, -0.2) is 46.3 Å². The molecule has 146 valence electrons. The summed E-state index contributed by atoms with van der Waals surface area (Å²) >= 11 is 0. The largest absolute Gasteiger partial charge is 0.368 e. The Balaban J connectivity index is 1.44. The summed E-state index contributed by atoms with van der Waals surface area (Å²) in [5, 5.41) is 0. The van der Waals surface area contributed by atoms with Crippen LogP contribution in [-0.2, 0) is 9.59 Å². The number of nitrogens with two attached hydrogens (primary N) is 1. The number of carbonyl (C=O) groups is 2. The highest BCUT2D eigenvalue weighted by molar-refractivity contribution is 6.00. The van der Waals surface area contributed by atoms with Gasteiger partial charge in [0, 0.05) is 43.9 Å². The van der Waals surface area contributed by atoms with Crippen molar-refractivity contribution in [3.8, 4) is 0 Å². The van der Waals surface area contributed by atoms with Crippen molar-refractivity contribution in [2.24, 2.45) is 5.92 Å². The van der Waals surface area contributed by atoms with Crippen LogP contribution in [0.25, 0.3) is 0 Å². The molecule has 1 aromatic heterocycles. The van der Waals surface area contributed by atoms with E-state index in [9.17, 15) is 9.59 Å². The van der Waals surface area contributed by atoms with Gasteiger partial charge in [0.2, 0.25) is 17.8 Å². The lowest BCUT2D eigenvalue weighted by Gasteiger charge is -2.34. The first kappa shape index (κ1) is 18.4. The molecule has 2 amide bonds. The normalized spacial score (nSPS) is 22.5. The van der Waals surface area contributed by atoms with E-state index in [1.165, 1.54) is 0 Å². The van der Waals surface area contributed by atoms with Crippen molar-refractivity contribution in [3.63, 3.8) is 0 Å². The van der Waals surface area contributed by atoms with Crippen LogP contribution >= 0.6 is 0 Å². The predicted octanol–water partition coefficient (Wildman–Crippen LogP) is 2.13. The van der Waals surface area contributed by atoms with Crippen LogP contribution in [0.4, 0.5) is 11.6 Å². The first-order valence-corrected chi connectivity index (χ1v) is 9.75. The van der Waals surface area contributed by atoms with Gasteiger partial charge in [-0.2, -0.15) is 0 Å². The van der Waals surface area contributed by atoms with Crippen LogP contribution in [0.1, 0.15) is 36.4 Å². The molecule has 3 heterocycles. The molecule has 0 bridgehead atoms. The predicted molar refractivity (Wildman–Crippen MR) is 107 cm³/mol. The highest BCUT2D eigenvalue weighted by Gasteiger charge is 2.38. The zero-order valence-electron chi connectivity index (χ0n) is 16.0. The van der Waals surface area contributed by atoms with E-state index in [0.717, 1.165) is 36.3 Å². The molecule has 4 rings (SSSR count). The molecule has 0 saturated carbocycles. The Morgan fingerprint density at radius 1 is 1.18 bits per heavy atom. The second kappa shape index (κ2) is 7.58. The molecule has 0 spiro atoms. The fourth-order valence-corrected chi connectivity index (χ4v) is 4.14. The van der Waals surface area contributed by atoms with Crippen molar-refractivity contribution >= 4 is 23.5 Å². The second-order valence-corrected chi connectivity index (χ2v) is 7.70. The minimum atomic E-state index is -0.289. The van der Waals surface area contributed by atoms with Crippen LogP contribution < -0.4 is 10.6 Å². The van der Waals surface area contributed by atoms with Gasteiger partial charge in [-0.1, -0.05) is 17.7 Å². The van der Waals surface area contributed by atoms with E-state index in [2.05, 4.69) is 9.97 Å². The minimum absolute atomic E-state index is 0.0133. The summed E-state index contributed by atoms with van der Waals surface area (Å²) in [4.78, 5) is 37.5. The number of aromatic nitrogens is 2. The zero-order chi connectivity index (χ0) is 19.7. The number of likely N-dealkylation sites (tertiary alicyclic amines) is 1. The summed E-state index contributed by atoms with van der Waals surface area (Å²) in [5.41, 5.74) is 8.60. The van der Waals surface area contributed by atoms with E-state index >= 15 is 0 Å². The highest BCUT2D eigenvalue weighted by Crippen LogP contribution is 2.30. The molecular weight excluding hydrogens is 354 g/mol. The molecule has 2 aliphatic rings. The Morgan fingerprint density at radius 3 is 2.71 bits per heavy atom. The summed E-state index contributed by atoms with van der Waals surface area (Å²) < 4.78 is 0. The molecular formula is C21H25N5O2. The van der Waals surface area contributed by atoms with Gasteiger partial charge >= 0.3 is 0 Å². The average molecular weight is 379 g/mol. The molecule has 2 fully saturated rings. The number of piperidine rings is 1.